The minimum Gasteiger partial charge on any atom is -0.327 e. The van der Waals surface area contributed by atoms with Gasteiger partial charge in [0, 0.05) is 6.04 Å². The Balaban J connectivity index is 2.40. The van der Waals surface area contributed by atoms with Crippen LogP contribution in [0.1, 0.15) is 39.5 Å². The van der Waals surface area contributed by atoms with Crippen molar-refractivity contribution >= 4 is 0 Å². The van der Waals surface area contributed by atoms with Crippen molar-refractivity contribution < 1.29 is 0 Å². The lowest BCUT2D eigenvalue weighted by Gasteiger charge is -2.31. The van der Waals surface area contributed by atoms with E-state index >= 15 is 0 Å². The van der Waals surface area contributed by atoms with Crippen LogP contribution in [0, 0.1) is 11.8 Å². The van der Waals surface area contributed by atoms with Crippen molar-refractivity contribution in [3.63, 3.8) is 0 Å². The van der Waals surface area contributed by atoms with Crippen LogP contribution in [-0.4, -0.2) is 6.04 Å². The van der Waals surface area contributed by atoms with Gasteiger partial charge in [-0.3, -0.25) is 0 Å². The van der Waals surface area contributed by atoms with Gasteiger partial charge in [-0.15, -0.1) is 0 Å². The Morgan fingerprint density at radius 1 is 1.20 bits per heavy atom. The molecule has 0 spiro atoms. The molecular weight excluding hydrogens is 122 g/mol. The van der Waals surface area contributed by atoms with Gasteiger partial charge in [0.25, 0.3) is 0 Å². The quantitative estimate of drug-likeness (QED) is 0.595. The first-order valence-electron chi connectivity index (χ1n) is 4.47. The van der Waals surface area contributed by atoms with Gasteiger partial charge in [0.15, 0.2) is 0 Å². The van der Waals surface area contributed by atoms with E-state index in [0.717, 1.165) is 11.8 Å². The van der Waals surface area contributed by atoms with Crippen LogP contribution in [0.5, 0.6) is 0 Å². The minimum absolute atomic E-state index is 0.494. The average molecular weight is 141 g/mol. The first-order valence-corrected chi connectivity index (χ1v) is 4.47. The summed E-state index contributed by atoms with van der Waals surface area (Å²) >= 11 is 0. The summed E-state index contributed by atoms with van der Waals surface area (Å²) in [5.41, 5.74) is 5.98. The molecule has 0 aliphatic heterocycles. The van der Waals surface area contributed by atoms with E-state index < -0.39 is 0 Å². The van der Waals surface area contributed by atoms with E-state index in [2.05, 4.69) is 13.8 Å². The van der Waals surface area contributed by atoms with Gasteiger partial charge in [0.05, 0.1) is 0 Å². The highest BCUT2D eigenvalue weighted by molar-refractivity contribution is 4.79. The molecule has 0 aromatic heterocycles. The van der Waals surface area contributed by atoms with Crippen LogP contribution >= 0.6 is 0 Å². The molecule has 0 radical (unpaired) electrons. The number of nitrogens with two attached hydrogens (primary N) is 1. The summed E-state index contributed by atoms with van der Waals surface area (Å²) in [6.45, 7) is 4.58. The zero-order valence-electron chi connectivity index (χ0n) is 7.14. The molecule has 0 bridgehead atoms. The molecule has 1 fully saturated rings. The summed E-state index contributed by atoms with van der Waals surface area (Å²) in [5.74, 6) is 1.59. The van der Waals surface area contributed by atoms with Crippen molar-refractivity contribution in [1.82, 2.24) is 0 Å². The van der Waals surface area contributed by atoms with Crippen LogP contribution in [0.25, 0.3) is 0 Å². The van der Waals surface area contributed by atoms with Crippen LogP contribution < -0.4 is 5.73 Å². The van der Waals surface area contributed by atoms with Crippen LogP contribution in [-0.2, 0) is 0 Å². The lowest BCUT2D eigenvalue weighted by atomic mass is 9.78. The molecule has 2 atom stereocenters. The summed E-state index contributed by atoms with van der Waals surface area (Å²) in [5, 5.41) is 0. The molecular formula is C9H19N. The van der Waals surface area contributed by atoms with Crippen LogP contribution in [0.2, 0.25) is 0 Å². The summed E-state index contributed by atoms with van der Waals surface area (Å²) in [7, 11) is 0. The van der Waals surface area contributed by atoms with Crippen molar-refractivity contribution in [3.8, 4) is 0 Å². The van der Waals surface area contributed by atoms with Crippen LogP contribution in [0.3, 0.4) is 0 Å². The zero-order valence-corrected chi connectivity index (χ0v) is 7.14. The molecule has 2 N–H and O–H groups in total. The Hall–Kier alpha value is -0.0400. The molecule has 2 unspecified atom stereocenters. The molecule has 0 saturated heterocycles. The standard InChI is InChI=1S/C9H19N/c1-7(2)8-5-3-4-6-9(8)10/h7-9H,3-6,10H2,1-2H3. The molecule has 1 aliphatic rings. The second kappa shape index (κ2) is 3.38. The fourth-order valence-electron chi connectivity index (χ4n) is 2.02. The summed E-state index contributed by atoms with van der Waals surface area (Å²) < 4.78 is 0. The second-order valence-corrected chi connectivity index (χ2v) is 3.86. The normalized spacial score (nSPS) is 34.8. The first kappa shape index (κ1) is 8.06. The minimum atomic E-state index is 0.494. The highest BCUT2D eigenvalue weighted by Gasteiger charge is 2.23. The van der Waals surface area contributed by atoms with Gasteiger partial charge < -0.3 is 5.73 Å². The van der Waals surface area contributed by atoms with Crippen molar-refractivity contribution in [2.45, 2.75) is 45.6 Å². The van der Waals surface area contributed by atoms with Crippen LogP contribution in [0.15, 0.2) is 0 Å². The fourth-order valence-corrected chi connectivity index (χ4v) is 2.02. The largest absolute Gasteiger partial charge is 0.327 e. The number of rotatable bonds is 1. The van der Waals surface area contributed by atoms with E-state index in [4.69, 9.17) is 5.73 Å². The molecule has 0 amide bonds. The van der Waals surface area contributed by atoms with Gasteiger partial charge >= 0.3 is 0 Å². The van der Waals surface area contributed by atoms with Crippen molar-refractivity contribution in [2.24, 2.45) is 17.6 Å². The summed E-state index contributed by atoms with van der Waals surface area (Å²) in [6.07, 6.45) is 5.36. The maximum atomic E-state index is 5.98. The Kier molecular flexibility index (Phi) is 2.72. The monoisotopic (exact) mass is 141 g/mol. The Bertz CT molecular complexity index is 98.9. The van der Waals surface area contributed by atoms with E-state index in [1.807, 2.05) is 0 Å². The molecule has 1 aliphatic carbocycles. The van der Waals surface area contributed by atoms with Crippen molar-refractivity contribution in [2.75, 3.05) is 0 Å². The molecule has 1 heteroatoms. The van der Waals surface area contributed by atoms with Crippen LogP contribution in [0.4, 0.5) is 0 Å². The predicted octanol–water partition coefficient (Wildman–Crippen LogP) is 2.16. The maximum Gasteiger partial charge on any atom is 0.00696 e. The van der Waals surface area contributed by atoms with Crippen molar-refractivity contribution in [1.29, 1.82) is 0 Å². The van der Waals surface area contributed by atoms with E-state index in [-0.39, 0.29) is 0 Å². The SMILES string of the molecule is CC(C)C1CCCCC1N. The topological polar surface area (TPSA) is 26.0 Å². The van der Waals surface area contributed by atoms with E-state index in [0.29, 0.717) is 6.04 Å². The first-order chi connectivity index (χ1) is 4.72. The lowest BCUT2D eigenvalue weighted by Crippen LogP contribution is -2.35. The highest BCUT2D eigenvalue weighted by Crippen LogP contribution is 2.28. The summed E-state index contributed by atoms with van der Waals surface area (Å²) in [6, 6.07) is 0.494. The Labute approximate surface area is 64.0 Å². The van der Waals surface area contributed by atoms with Gasteiger partial charge in [-0.05, 0) is 24.7 Å². The molecule has 10 heavy (non-hydrogen) atoms. The molecule has 1 rings (SSSR count). The fraction of sp³-hybridized carbons (Fsp3) is 1.00. The molecule has 0 heterocycles. The molecule has 1 nitrogen and oxygen atoms in total. The predicted molar refractivity (Wildman–Crippen MR) is 44.8 cm³/mol. The van der Waals surface area contributed by atoms with Gasteiger partial charge in [0.1, 0.15) is 0 Å². The Morgan fingerprint density at radius 3 is 2.20 bits per heavy atom. The molecule has 0 aromatic carbocycles. The van der Waals surface area contributed by atoms with E-state index in [9.17, 15) is 0 Å². The third-order valence-electron chi connectivity index (χ3n) is 2.73. The smallest absolute Gasteiger partial charge is 0.00696 e. The van der Waals surface area contributed by atoms with Gasteiger partial charge in [-0.25, -0.2) is 0 Å². The van der Waals surface area contributed by atoms with E-state index in [1.54, 1.807) is 0 Å². The third kappa shape index (κ3) is 1.72. The maximum absolute atomic E-state index is 5.98. The lowest BCUT2D eigenvalue weighted by molar-refractivity contribution is 0.240. The second-order valence-electron chi connectivity index (χ2n) is 3.86. The number of hydrogen-bond acceptors (Lipinski definition) is 1. The number of hydrogen-bond donors (Lipinski definition) is 1. The van der Waals surface area contributed by atoms with Gasteiger partial charge in [-0.2, -0.15) is 0 Å². The summed E-state index contributed by atoms with van der Waals surface area (Å²) in [4.78, 5) is 0. The molecule has 60 valence electrons. The zero-order chi connectivity index (χ0) is 7.56. The van der Waals surface area contributed by atoms with Gasteiger partial charge in [0.2, 0.25) is 0 Å². The van der Waals surface area contributed by atoms with Gasteiger partial charge in [-0.1, -0.05) is 26.7 Å². The highest BCUT2D eigenvalue weighted by atomic mass is 14.7. The average Bonchev–Trinajstić information content (AvgIpc) is 1.88. The van der Waals surface area contributed by atoms with E-state index in [1.165, 1.54) is 25.7 Å². The molecule has 0 aromatic rings. The van der Waals surface area contributed by atoms with Crippen molar-refractivity contribution in [3.05, 3.63) is 0 Å². The Morgan fingerprint density at radius 2 is 1.80 bits per heavy atom. The third-order valence-corrected chi connectivity index (χ3v) is 2.73. The molecule has 1 saturated carbocycles.